The molecule has 0 radical (unpaired) electrons. The van der Waals surface area contributed by atoms with Gasteiger partial charge in [0.1, 0.15) is 0 Å². The first-order valence-electron chi connectivity index (χ1n) is 6.85. The molecule has 4 rings (SSSR count). The number of nitrogens with zero attached hydrogens (tertiary/aromatic N) is 1. The molecule has 0 saturated carbocycles. The van der Waals surface area contributed by atoms with E-state index in [4.69, 9.17) is 0 Å². The van der Waals surface area contributed by atoms with Crippen LogP contribution in [0.3, 0.4) is 0 Å². The van der Waals surface area contributed by atoms with Crippen LogP contribution in [0.15, 0.2) is 64.1 Å². The van der Waals surface area contributed by atoms with E-state index in [0.717, 1.165) is 26.9 Å². The molecule has 0 bridgehead atoms. The molecule has 0 fully saturated rings. The lowest BCUT2D eigenvalue weighted by Crippen LogP contribution is -2.25. The van der Waals surface area contributed by atoms with Gasteiger partial charge in [0.2, 0.25) is 0 Å². The summed E-state index contributed by atoms with van der Waals surface area (Å²) in [5, 5.41) is 0. The minimum absolute atomic E-state index is 0.163. The molecule has 0 amide bonds. The van der Waals surface area contributed by atoms with Gasteiger partial charge in [-0.05, 0) is 41.0 Å². The van der Waals surface area contributed by atoms with Crippen LogP contribution in [-0.4, -0.2) is 12.0 Å². The average Bonchev–Trinajstić information content (AvgIpc) is 3.03. The lowest BCUT2D eigenvalue weighted by atomic mass is 9.74. The van der Waals surface area contributed by atoms with E-state index in [9.17, 15) is 4.79 Å². The first-order chi connectivity index (χ1) is 10.2. The zero-order valence-corrected chi connectivity index (χ0v) is 12.8. The predicted molar refractivity (Wildman–Crippen MR) is 88.0 cm³/mol. The summed E-state index contributed by atoms with van der Waals surface area (Å²) in [6, 6.07) is 16.2. The summed E-state index contributed by atoms with van der Waals surface area (Å²) in [6.07, 6.45) is 4.19. The summed E-state index contributed by atoms with van der Waals surface area (Å²) >= 11 is 3.45. The molecule has 2 aliphatic rings. The number of hydrogen-bond acceptors (Lipinski definition) is 2. The van der Waals surface area contributed by atoms with Crippen molar-refractivity contribution in [3.05, 3.63) is 70.2 Å². The van der Waals surface area contributed by atoms with Crippen molar-refractivity contribution in [1.29, 1.82) is 0 Å². The normalized spacial score (nSPS) is 22.7. The fourth-order valence-electron chi connectivity index (χ4n) is 3.25. The first-order valence-corrected chi connectivity index (χ1v) is 7.64. The third kappa shape index (κ3) is 1.84. The Morgan fingerprint density at radius 2 is 1.81 bits per heavy atom. The Morgan fingerprint density at radius 1 is 1.05 bits per heavy atom. The second-order valence-corrected chi connectivity index (χ2v) is 6.37. The number of rotatable bonds is 1. The Morgan fingerprint density at radius 3 is 2.62 bits per heavy atom. The van der Waals surface area contributed by atoms with Gasteiger partial charge in [-0.2, -0.15) is 0 Å². The third-order valence-electron chi connectivity index (χ3n) is 4.20. The summed E-state index contributed by atoms with van der Waals surface area (Å²) in [7, 11) is 0. The van der Waals surface area contributed by atoms with Gasteiger partial charge in [-0.3, -0.25) is 9.79 Å². The number of fused-ring (bicyclic) bond motifs is 2. The van der Waals surface area contributed by atoms with Crippen molar-refractivity contribution in [2.24, 2.45) is 4.99 Å². The van der Waals surface area contributed by atoms with E-state index >= 15 is 0 Å². The second-order valence-electron chi connectivity index (χ2n) is 5.45. The smallest absolute Gasteiger partial charge is 0.157 e. The largest absolute Gasteiger partial charge is 0.295 e. The monoisotopic (exact) mass is 337 g/mol. The third-order valence-corrected chi connectivity index (χ3v) is 4.73. The average molecular weight is 338 g/mol. The van der Waals surface area contributed by atoms with Gasteiger partial charge in [0.15, 0.2) is 5.78 Å². The van der Waals surface area contributed by atoms with Crippen LogP contribution in [0.1, 0.15) is 17.5 Å². The molecule has 1 unspecified atom stereocenters. The van der Waals surface area contributed by atoms with E-state index in [2.05, 4.69) is 27.0 Å². The maximum Gasteiger partial charge on any atom is 0.157 e. The van der Waals surface area contributed by atoms with Gasteiger partial charge in [-0.25, -0.2) is 0 Å². The summed E-state index contributed by atoms with van der Waals surface area (Å²) in [6.45, 7) is 0. The highest BCUT2D eigenvalue weighted by atomic mass is 79.9. The molecule has 2 aromatic carbocycles. The Labute approximate surface area is 131 Å². The molecule has 3 heteroatoms. The Balaban J connectivity index is 1.91. The van der Waals surface area contributed by atoms with Crippen molar-refractivity contribution >= 4 is 39.2 Å². The molecule has 102 valence electrons. The lowest BCUT2D eigenvalue weighted by molar-refractivity contribution is -0.114. The highest BCUT2D eigenvalue weighted by Gasteiger charge is 2.45. The van der Waals surface area contributed by atoms with Gasteiger partial charge >= 0.3 is 0 Å². The fourth-order valence-corrected chi connectivity index (χ4v) is 3.51. The number of halogens is 1. The van der Waals surface area contributed by atoms with Gasteiger partial charge in [-0.1, -0.05) is 46.3 Å². The highest BCUT2D eigenvalue weighted by Crippen LogP contribution is 2.50. The van der Waals surface area contributed by atoms with Crippen LogP contribution in [0.4, 0.5) is 5.69 Å². The molecule has 2 aromatic rings. The SMILES string of the molecule is O=C1C=C(c2ccc(Br)cc2)C2(C=Nc3ccccc32)C1. The van der Waals surface area contributed by atoms with Crippen molar-refractivity contribution in [2.45, 2.75) is 11.8 Å². The molecular formula is C18H12BrNO. The van der Waals surface area contributed by atoms with Crippen LogP contribution in [-0.2, 0) is 10.2 Å². The summed E-state index contributed by atoms with van der Waals surface area (Å²) in [5.74, 6) is 0.163. The topological polar surface area (TPSA) is 29.4 Å². The fraction of sp³-hybridized carbons (Fsp3) is 0.111. The lowest BCUT2D eigenvalue weighted by Gasteiger charge is -2.25. The van der Waals surface area contributed by atoms with Gasteiger partial charge in [-0.15, -0.1) is 0 Å². The van der Waals surface area contributed by atoms with Crippen molar-refractivity contribution in [3.8, 4) is 0 Å². The molecule has 0 aromatic heterocycles. The van der Waals surface area contributed by atoms with Gasteiger partial charge in [0.05, 0.1) is 11.1 Å². The number of aliphatic imine (C=N–C) groups is 1. The van der Waals surface area contributed by atoms with Crippen LogP contribution in [0.5, 0.6) is 0 Å². The summed E-state index contributed by atoms with van der Waals surface area (Å²) < 4.78 is 1.03. The maximum atomic E-state index is 12.1. The van der Waals surface area contributed by atoms with E-state index in [1.54, 1.807) is 6.08 Å². The number of carbonyl (C=O) groups is 1. The van der Waals surface area contributed by atoms with Gasteiger partial charge < -0.3 is 0 Å². The Kier molecular flexibility index (Phi) is 2.73. The number of carbonyl (C=O) groups excluding carboxylic acids is 1. The van der Waals surface area contributed by atoms with E-state index in [1.165, 1.54) is 0 Å². The standard InChI is InChI=1S/C18H12BrNO/c19-13-7-5-12(6-8-13)16-9-14(21)10-18(16)11-20-17-4-2-1-3-15(17)18/h1-9,11H,10H2. The number of hydrogen-bond donors (Lipinski definition) is 0. The Hall–Kier alpha value is -2.00. The maximum absolute atomic E-state index is 12.1. The van der Waals surface area contributed by atoms with Gasteiger partial charge in [0.25, 0.3) is 0 Å². The highest BCUT2D eigenvalue weighted by molar-refractivity contribution is 9.10. The van der Waals surface area contributed by atoms with E-state index in [0.29, 0.717) is 6.42 Å². The van der Waals surface area contributed by atoms with E-state index in [1.807, 2.05) is 48.7 Å². The minimum Gasteiger partial charge on any atom is -0.295 e. The van der Waals surface area contributed by atoms with E-state index in [-0.39, 0.29) is 11.2 Å². The summed E-state index contributed by atoms with van der Waals surface area (Å²) in [4.78, 5) is 16.7. The Bertz CT molecular complexity index is 804. The molecule has 0 saturated heterocycles. The zero-order chi connectivity index (χ0) is 14.4. The molecular weight excluding hydrogens is 326 g/mol. The quantitative estimate of drug-likeness (QED) is 0.755. The van der Waals surface area contributed by atoms with Crippen molar-refractivity contribution in [3.63, 3.8) is 0 Å². The molecule has 21 heavy (non-hydrogen) atoms. The molecule has 1 aliphatic heterocycles. The van der Waals surface area contributed by atoms with E-state index < -0.39 is 0 Å². The van der Waals surface area contributed by atoms with Crippen molar-refractivity contribution < 1.29 is 4.79 Å². The second kappa shape index (κ2) is 4.50. The number of benzene rings is 2. The molecule has 1 spiro atoms. The summed E-state index contributed by atoms with van der Waals surface area (Å²) in [5.41, 5.74) is 3.84. The van der Waals surface area contributed by atoms with Crippen LogP contribution in [0.2, 0.25) is 0 Å². The number of para-hydroxylation sites is 1. The van der Waals surface area contributed by atoms with Crippen molar-refractivity contribution in [1.82, 2.24) is 0 Å². The molecule has 1 atom stereocenters. The molecule has 2 nitrogen and oxygen atoms in total. The zero-order valence-electron chi connectivity index (χ0n) is 11.2. The van der Waals surface area contributed by atoms with Crippen LogP contribution >= 0.6 is 15.9 Å². The van der Waals surface area contributed by atoms with Crippen LogP contribution in [0, 0.1) is 0 Å². The van der Waals surface area contributed by atoms with Crippen LogP contribution < -0.4 is 0 Å². The number of ketones is 1. The van der Waals surface area contributed by atoms with Crippen LogP contribution in [0.25, 0.3) is 5.57 Å². The minimum atomic E-state index is -0.387. The van der Waals surface area contributed by atoms with Crippen molar-refractivity contribution in [2.75, 3.05) is 0 Å². The molecule has 0 N–H and O–H groups in total. The molecule has 1 heterocycles. The molecule has 1 aliphatic carbocycles. The first kappa shape index (κ1) is 12.7. The number of allylic oxidation sites excluding steroid dienone is 2. The van der Waals surface area contributed by atoms with Gasteiger partial charge in [0, 0.05) is 17.1 Å². The predicted octanol–water partition coefficient (Wildman–Crippen LogP) is 4.46.